The van der Waals surface area contributed by atoms with Gasteiger partial charge < -0.3 is 9.84 Å². The molecule has 0 unspecified atom stereocenters. The van der Waals surface area contributed by atoms with Crippen molar-refractivity contribution in [2.24, 2.45) is 0 Å². The van der Waals surface area contributed by atoms with Gasteiger partial charge >= 0.3 is 0 Å². The Balaban J connectivity index is 1.42. The average Bonchev–Trinajstić information content (AvgIpc) is 3.26. The highest BCUT2D eigenvalue weighted by Gasteiger charge is 2.28. The number of fused-ring (bicyclic) bond motifs is 1. The van der Waals surface area contributed by atoms with Crippen LogP contribution in [-0.4, -0.2) is 31.3 Å². The third-order valence-electron chi connectivity index (χ3n) is 4.44. The van der Waals surface area contributed by atoms with Crippen LogP contribution < -0.4 is 5.32 Å². The number of nitrogens with one attached hydrogen (secondary N) is 1. The zero-order valence-electron chi connectivity index (χ0n) is 13.9. The van der Waals surface area contributed by atoms with Gasteiger partial charge in [0.2, 0.25) is 5.91 Å². The number of hydrogen-bond acceptors (Lipinski definition) is 6. The molecule has 0 fully saturated rings. The molecule has 0 bridgehead atoms. The molecule has 3 heterocycles. The highest BCUT2D eigenvalue weighted by molar-refractivity contribution is 5.82. The first kappa shape index (κ1) is 16.4. The Morgan fingerprint density at radius 1 is 1.31 bits per heavy atom. The number of benzene rings is 1. The fourth-order valence-corrected chi connectivity index (χ4v) is 3.06. The quantitative estimate of drug-likeness (QED) is 0.768. The minimum absolute atomic E-state index is 0.136. The summed E-state index contributed by atoms with van der Waals surface area (Å²) in [6.45, 7) is 0.945. The predicted molar refractivity (Wildman–Crippen MR) is 88.2 cm³/mol. The highest BCUT2D eigenvalue weighted by Crippen LogP contribution is 2.24. The maximum absolute atomic E-state index is 13.0. The minimum Gasteiger partial charge on any atom is -0.359 e. The first-order chi connectivity index (χ1) is 12.7. The summed E-state index contributed by atoms with van der Waals surface area (Å²) < 4.78 is 20.0. The average molecular weight is 356 g/mol. The molecule has 1 N–H and O–H groups in total. The van der Waals surface area contributed by atoms with Crippen LogP contribution in [0.25, 0.3) is 11.3 Å². The van der Waals surface area contributed by atoms with E-state index < -0.39 is 0 Å². The van der Waals surface area contributed by atoms with Gasteiger partial charge in [0.1, 0.15) is 11.5 Å². The number of amides is 1. The van der Waals surface area contributed by atoms with Crippen molar-refractivity contribution in [3.05, 3.63) is 47.7 Å². The third kappa shape index (κ3) is 3.32. The van der Waals surface area contributed by atoms with Crippen molar-refractivity contribution in [3.63, 3.8) is 0 Å². The van der Waals surface area contributed by atoms with Crippen LogP contribution in [0.15, 0.2) is 34.9 Å². The summed E-state index contributed by atoms with van der Waals surface area (Å²) in [7, 11) is 0. The van der Waals surface area contributed by atoms with E-state index in [1.807, 2.05) is 0 Å². The van der Waals surface area contributed by atoms with E-state index in [4.69, 9.17) is 4.52 Å². The number of hydrogen-bond donors (Lipinski definition) is 1. The van der Waals surface area contributed by atoms with Crippen LogP contribution in [0.5, 0.6) is 0 Å². The Morgan fingerprint density at radius 3 is 3.00 bits per heavy atom. The first-order valence-electron chi connectivity index (χ1n) is 8.46. The van der Waals surface area contributed by atoms with Gasteiger partial charge in [-0.25, -0.2) is 9.07 Å². The van der Waals surface area contributed by atoms with E-state index in [1.54, 1.807) is 22.9 Å². The van der Waals surface area contributed by atoms with E-state index in [-0.39, 0.29) is 24.2 Å². The Bertz CT molecular complexity index is 904. The fourth-order valence-electron chi connectivity index (χ4n) is 3.06. The lowest BCUT2D eigenvalue weighted by Crippen LogP contribution is -2.30. The Labute approximate surface area is 148 Å². The topological polar surface area (TPSA) is 98.7 Å². The lowest BCUT2D eigenvalue weighted by Gasteiger charge is -2.12. The number of carbonyl (C=O) groups is 1. The second-order valence-corrected chi connectivity index (χ2v) is 6.21. The van der Waals surface area contributed by atoms with Crippen LogP contribution in [0.3, 0.4) is 0 Å². The molecule has 0 radical (unpaired) electrons. The molecule has 0 aliphatic carbocycles. The Morgan fingerprint density at radius 2 is 2.15 bits per heavy atom. The number of halogens is 1. The molecule has 1 aliphatic heterocycles. The second-order valence-electron chi connectivity index (χ2n) is 6.21. The Kier molecular flexibility index (Phi) is 4.42. The molecule has 26 heavy (non-hydrogen) atoms. The lowest BCUT2D eigenvalue weighted by molar-refractivity contribution is -0.123. The molecular formula is C17H17FN6O2. The molecule has 134 valence electrons. The zero-order chi connectivity index (χ0) is 17.9. The smallest absolute Gasteiger partial charge is 0.231 e. The van der Waals surface area contributed by atoms with Gasteiger partial charge in [0.25, 0.3) is 0 Å². The van der Waals surface area contributed by atoms with Gasteiger partial charge in [-0.2, -0.15) is 0 Å². The Hall–Kier alpha value is -3.10. The summed E-state index contributed by atoms with van der Waals surface area (Å²) in [5, 5.41) is 18.4. The summed E-state index contributed by atoms with van der Waals surface area (Å²) in [5.74, 6) is 0.306. The van der Waals surface area contributed by atoms with Gasteiger partial charge in [0.05, 0.1) is 12.5 Å². The molecule has 4 rings (SSSR count). The second kappa shape index (κ2) is 7.03. The molecule has 1 aromatic carbocycles. The number of nitrogens with zero attached hydrogens (tertiary/aromatic N) is 5. The van der Waals surface area contributed by atoms with Crippen molar-refractivity contribution >= 4 is 5.91 Å². The number of rotatable bonds is 4. The summed E-state index contributed by atoms with van der Waals surface area (Å²) >= 11 is 0. The number of aromatic nitrogens is 5. The van der Waals surface area contributed by atoms with Crippen LogP contribution in [0.2, 0.25) is 0 Å². The maximum Gasteiger partial charge on any atom is 0.231 e. The normalized spacial score (nSPS) is 16.7. The molecular weight excluding hydrogens is 339 g/mol. The summed E-state index contributed by atoms with van der Waals surface area (Å²) in [4.78, 5) is 12.6. The van der Waals surface area contributed by atoms with E-state index in [0.717, 1.165) is 24.9 Å². The fraction of sp³-hybridized carbons (Fsp3) is 0.353. The van der Waals surface area contributed by atoms with Crippen LogP contribution in [0.1, 0.15) is 36.8 Å². The minimum atomic E-state index is -0.369. The van der Waals surface area contributed by atoms with Gasteiger partial charge in [0, 0.05) is 18.2 Å². The molecule has 1 atom stereocenters. The lowest BCUT2D eigenvalue weighted by atomic mass is 10.0. The van der Waals surface area contributed by atoms with E-state index in [0.29, 0.717) is 23.7 Å². The van der Waals surface area contributed by atoms with Crippen molar-refractivity contribution in [2.45, 2.75) is 38.3 Å². The van der Waals surface area contributed by atoms with Crippen molar-refractivity contribution in [1.82, 2.24) is 30.7 Å². The molecule has 9 heteroatoms. The molecule has 2 aromatic heterocycles. The van der Waals surface area contributed by atoms with Crippen LogP contribution in [0, 0.1) is 5.82 Å². The van der Waals surface area contributed by atoms with Gasteiger partial charge in [-0.15, -0.1) is 5.10 Å². The predicted octanol–water partition coefficient (Wildman–Crippen LogP) is 2.05. The van der Waals surface area contributed by atoms with E-state index in [2.05, 4.69) is 26.0 Å². The third-order valence-corrected chi connectivity index (χ3v) is 4.44. The standard InChI is InChI=1S/C17H17FN6O2/c18-12-6-4-11(5-7-12)15-9-13(26-21-15)10-19-17(25)14-3-1-2-8-24-16(14)20-22-23-24/h4-7,9,14H,1-3,8,10H2,(H,19,25)/t14-/m1/s1. The molecule has 1 amide bonds. The SMILES string of the molecule is O=C(NCc1cc(-c2ccc(F)cc2)no1)[C@@H]1CCCCn2nnnc21. The van der Waals surface area contributed by atoms with Gasteiger partial charge in [-0.3, -0.25) is 4.79 Å². The molecule has 0 spiro atoms. The monoisotopic (exact) mass is 356 g/mol. The van der Waals surface area contributed by atoms with Crippen LogP contribution in [-0.2, 0) is 17.9 Å². The first-order valence-corrected chi connectivity index (χ1v) is 8.46. The summed E-state index contributed by atoms with van der Waals surface area (Å²) in [6.07, 6.45) is 2.59. The molecule has 1 aliphatic rings. The van der Waals surface area contributed by atoms with Gasteiger partial charge in [0.15, 0.2) is 11.6 Å². The maximum atomic E-state index is 13.0. The molecule has 8 nitrogen and oxygen atoms in total. The zero-order valence-corrected chi connectivity index (χ0v) is 13.9. The van der Waals surface area contributed by atoms with Gasteiger partial charge in [-0.05, 0) is 47.5 Å². The highest BCUT2D eigenvalue weighted by atomic mass is 19.1. The van der Waals surface area contributed by atoms with Gasteiger partial charge in [-0.1, -0.05) is 11.6 Å². The summed E-state index contributed by atoms with van der Waals surface area (Å²) in [5.41, 5.74) is 1.34. The van der Waals surface area contributed by atoms with Crippen LogP contribution >= 0.6 is 0 Å². The van der Waals surface area contributed by atoms with E-state index in [9.17, 15) is 9.18 Å². The number of aryl methyl sites for hydroxylation is 1. The largest absolute Gasteiger partial charge is 0.359 e. The van der Waals surface area contributed by atoms with Crippen molar-refractivity contribution in [2.75, 3.05) is 0 Å². The molecule has 3 aromatic rings. The van der Waals surface area contributed by atoms with Crippen molar-refractivity contribution < 1.29 is 13.7 Å². The van der Waals surface area contributed by atoms with Crippen molar-refractivity contribution in [3.8, 4) is 11.3 Å². The van der Waals surface area contributed by atoms with Crippen LogP contribution in [0.4, 0.5) is 4.39 Å². The number of carbonyl (C=O) groups excluding carboxylic acids is 1. The molecule has 0 saturated heterocycles. The molecule has 0 saturated carbocycles. The van der Waals surface area contributed by atoms with E-state index >= 15 is 0 Å². The van der Waals surface area contributed by atoms with Crippen molar-refractivity contribution in [1.29, 1.82) is 0 Å². The number of tetrazole rings is 1. The van der Waals surface area contributed by atoms with E-state index in [1.165, 1.54) is 12.1 Å². The summed E-state index contributed by atoms with van der Waals surface area (Å²) in [6, 6.07) is 7.70.